The van der Waals surface area contributed by atoms with Gasteiger partial charge in [-0.15, -0.1) is 5.10 Å². The molecule has 1 atom stereocenters. The number of halogens is 1. The SMILES string of the molecule is CC(C)(C)OC(=O)NC(CC(=O)O)c1ccnnc1Cl. The van der Waals surface area contributed by atoms with Crippen LogP contribution in [0.5, 0.6) is 0 Å². The summed E-state index contributed by atoms with van der Waals surface area (Å²) in [5.41, 5.74) is -0.312. The molecule has 1 unspecified atom stereocenters. The molecule has 0 bridgehead atoms. The number of amides is 1. The van der Waals surface area contributed by atoms with Gasteiger partial charge < -0.3 is 15.2 Å². The Hall–Kier alpha value is -1.89. The van der Waals surface area contributed by atoms with E-state index in [4.69, 9.17) is 21.4 Å². The van der Waals surface area contributed by atoms with E-state index in [1.54, 1.807) is 20.8 Å². The van der Waals surface area contributed by atoms with Gasteiger partial charge in [0.15, 0.2) is 5.15 Å². The smallest absolute Gasteiger partial charge is 0.408 e. The Morgan fingerprint density at radius 1 is 1.50 bits per heavy atom. The van der Waals surface area contributed by atoms with E-state index in [0.29, 0.717) is 5.56 Å². The molecular formula is C12H16ClN3O4. The van der Waals surface area contributed by atoms with Gasteiger partial charge >= 0.3 is 12.1 Å². The second kappa shape index (κ2) is 6.51. The van der Waals surface area contributed by atoms with E-state index < -0.39 is 23.7 Å². The molecule has 0 aromatic carbocycles. The second-order valence-electron chi connectivity index (χ2n) is 5.07. The first-order valence-corrected chi connectivity index (χ1v) is 6.25. The van der Waals surface area contributed by atoms with Crippen molar-refractivity contribution in [3.63, 3.8) is 0 Å². The van der Waals surface area contributed by atoms with Gasteiger partial charge in [-0.05, 0) is 26.8 Å². The zero-order chi connectivity index (χ0) is 15.3. The van der Waals surface area contributed by atoms with Gasteiger partial charge in [-0.3, -0.25) is 4.79 Å². The number of nitrogens with zero attached hydrogens (tertiary/aromatic N) is 2. The summed E-state index contributed by atoms with van der Waals surface area (Å²) in [5.74, 6) is -1.08. The lowest BCUT2D eigenvalue weighted by atomic mass is 10.1. The maximum absolute atomic E-state index is 11.7. The van der Waals surface area contributed by atoms with Crippen LogP contribution in [0.3, 0.4) is 0 Å². The van der Waals surface area contributed by atoms with E-state index in [9.17, 15) is 9.59 Å². The number of carbonyl (C=O) groups is 2. The maximum Gasteiger partial charge on any atom is 0.408 e. The van der Waals surface area contributed by atoms with Gasteiger partial charge in [0.1, 0.15) is 5.60 Å². The number of aliphatic carboxylic acids is 1. The van der Waals surface area contributed by atoms with Gasteiger partial charge in [0.2, 0.25) is 0 Å². The van der Waals surface area contributed by atoms with Crippen molar-refractivity contribution in [3.8, 4) is 0 Å². The normalized spacial score (nSPS) is 12.6. The fraction of sp³-hybridized carbons (Fsp3) is 0.500. The first kappa shape index (κ1) is 16.2. The van der Waals surface area contributed by atoms with Crippen molar-refractivity contribution in [3.05, 3.63) is 23.0 Å². The zero-order valence-electron chi connectivity index (χ0n) is 11.4. The molecule has 0 radical (unpaired) electrons. The zero-order valence-corrected chi connectivity index (χ0v) is 12.1. The summed E-state index contributed by atoms with van der Waals surface area (Å²) < 4.78 is 5.09. The number of hydrogen-bond donors (Lipinski definition) is 2. The van der Waals surface area contributed by atoms with Crippen molar-refractivity contribution >= 4 is 23.7 Å². The van der Waals surface area contributed by atoms with Gasteiger partial charge in [0.25, 0.3) is 0 Å². The van der Waals surface area contributed by atoms with Crippen LogP contribution in [0.2, 0.25) is 5.15 Å². The third-order valence-electron chi connectivity index (χ3n) is 2.15. The van der Waals surface area contributed by atoms with Crippen molar-refractivity contribution in [2.45, 2.75) is 38.8 Å². The molecule has 0 fully saturated rings. The Morgan fingerprint density at radius 2 is 2.15 bits per heavy atom. The third kappa shape index (κ3) is 5.40. The number of aromatic nitrogens is 2. The lowest BCUT2D eigenvalue weighted by Crippen LogP contribution is -2.36. The number of rotatable bonds is 4. The molecule has 0 saturated heterocycles. The number of carboxylic acid groups (broad SMARTS) is 1. The fourth-order valence-corrected chi connectivity index (χ4v) is 1.69. The molecule has 0 aliphatic heterocycles. The lowest BCUT2D eigenvalue weighted by Gasteiger charge is -2.23. The van der Waals surface area contributed by atoms with Crippen LogP contribution in [-0.2, 0) is 9.53 Å². The molecule has 8 heteroatoms. The predicted molar refractivity (Wildman–Crippen MR) is 71.4 cm³/mol. The standard InChI is InChI=1S/C12H16ClN3O4/c1-12(2,3)20-11(19)15-8(6-9(17)18)7-4-5-14-16-10(7)13/h4-5,8H,6H2,1-3H3,(H,15,19)(H,17,18). The molecule has 110 valence electrons. The fourth-order valence-electron chi connectivity index (χ4n) is 1.45. The minimum Gasteiger partial charge on any atom is -0.481 e. The molecule has 1 aromatic heterocycles. The highest BCUT2D eigenvalue weighted by molar-refractivity contribution is 6.30. The van der Waals surface area contributed by atoms with E-state index in [-0.39, 0.29) is 11.6 Å². The monoisotopic (exact) mass is 301 g/mol. The maximum atomic E-state index is 11.7. The molecule has 0 spiro atoms. The molecule has 1 heterocycles. The second-order valence-corrected chi connectivity index (χ2v) is 5.43. The van der Waals surface area contributed by atoms with Gasteiger partial charge in [0, 0.05) is 5.56 Å². The number of ether oxygens (including phenoxy) is 1. The Morgan fingerprint density at radius 3 is 2.65 bits per heavy atom. The average Bonchev–Trinajstić information content (AvgIpc) is 2.25. The van der Waals surface area contributed by atoms with Crippen molar-refractivity contribution in [1.29, 1.82) is 0 Å². The van der Waals surface area contributed by atoms with Crippen LogP contribution in [0.25, 0.3) is 0 Å². The Kier molecular flexibility index (Phi) is 5.26. The van der Waals surface area contributed by atoms with Crippen LogP contribution < -0.4 is 5.32 Å². The minimum atomic E-state index is -1.08. The molecule has 1 rings (SSSR count). The molecule has 7 nitrogen and oxygen atoms in total. The van der Waals surface area contributed by atoms with Crippen LogP contribution in [0.1, 0.15) is 38.8 Å². The molecule has 1 amide bonds. The van der Waals surface area contributed by atoms with Crippen LogP contribution in [0.4, 0.5) is 4.79 Å². The van der Waals surface area contributed by atoms with Gasteiger partial charge in [-0.1, -0.05) is 11.6 Å². The van der Waals surface area contributed by atoms with Crippen molar-refractivity contribution in [2.75, 3.05) is 0 Å². The van der Waals surface area contributed by atoms with Crippen molar-refractivity contribution in [2.24, 2.45) is 0 Å². The lowest BCUT2D eigenvalue weighted by molar-refractivity contribution is -0.137. The Bertz CT molecular complexity index is 502. The molecule has 20 heavy (non-hydrogen) atoms. The Labute approximate surface area is 121 Å². The molecule has 2 N–H and O–H groups in total. The average molecular weight is 302 g/mol. The highest BCUT2D eigenvalue weighted by atomic mass is 35.5. The van der Waals surface area contributed by atoms with E-state index in [1.165, 1.54) is 12.3 Å². The van der Waals surface area contributed by atoms with Gasteiger partial charge in [0.05, 0.1) is 18.7 Å². The topological polar surface area (TPSA) is 101 Å². The molecule has 0 aliphatic rings. The van der Waals surface area contributed by atoms with E-state index in [2.05, 4.69) is 15.5 Å². The van der Waals surface area contributed by atoms with E-state index in [1.807, 2.05) is 0 Å². The van der Waals surface area contributed by atoms with E-state index >= 15 is 0 Å². The number of carbonyl (C=O) groups excluding carboxylic acids is 1. The molecule has 0 saturated carbocycles. The first-order valence-electron chi connectivity index (χ1n) is 5.87. The highest BCUT2D eigenvalue weighted by Crippen LogP contribution is 2.23. The van der Waals surface area contributed by atoms with Crippen molar-refractivity contribution in [1.82, 2.24) is 15.5 Å². The Balaban J connectivity index is 2.88. The van der Waals surface area contributed by atoms with E-state index in [0.717, 1.165) is 0 Å². The summed E-state index contributed by atoms with van der Waals surface area (Å²) in [6.07, 6.45) is 0.300. The van der Waals surface area contributed by atoms with Gasteiger partial charge in [-0.2, -0.15) is 5.10 Å². The number of alkyl carbamates (subject to hydrolysis) is 1. The summed E-state index contributed by atoms with van der Waals surface area (Å²) in [4.78, 5) is 22.6. The van der Waals surface area contributed by atoms with Crippen LogP contribution >= 0.6 is 11.6 Å². The summed E-state index contributed by atoms with van der Waals surface area (Å²) in [6, 6.07) is 0.658. The molecule has 1 aromatic rings. The number of nitrogens with one attached hydrogen (secondary N) is 1. The van der Waals surface area contributed by atoms with Crippen LogP contribution in [-0.4, -0.2) is 33.0 Å². The molecule has 0 aliphatic carbocycles. The van der Waals surface area contributed by atoms with Crippen molar-refractivity contribution < 1.29 is 19.4 Å². The predicted octanol–water partition coefficient (Wildman–Crippen LogP) is 2.17. The summed E-state index contributed by atoms with van der Waals surface area (Å²) in [7, 11) is 0. The summed E-state index contributed by atoms with van der Waals surface area (Å²) >= 11 is 5.86. The number of carboxylic acids is 1. The van der Waals surface area contributed by atoms with Crippen LogP contribution in [0, 0.1) is 0 Å². The third-order valence-corrected chi connectivity index (χ3v) is 2.44. The quantitative estimate of drug-likeness (QED) is 0.883. The minimum absolute atomic E-state index is 0.0369. The first-order chi connectivity index (χ1) is 9.19. The highest BCUT2D eigenvalue weighted by Gasteiger charge is 2.24. The largest absolute Gasteiger partial charge is 0.481 e. The van der Waals surface area contributed by atoms with Crippen LogP contribution in [0.15, 0.2) is 12.3 Å². The van der Waals surface area contributed by atoms with Gasteiger partial charge in [-0.25, -0.2) is 4.79 Å². The number of hydrogen-bond acceptors (Lipinski definition) is 5. The molecular weight excluding hydrogens is 286 g/mol. The summed E-state index contributed by atoms with van der Waals surface area (Å²) in [6.45, 7) is 5.12. The summed E-state index contributed by atoms with van der Waals surface area (Å²) in [5, 5.41) is 18.6.